The fraction of sp³-hybridized carbons (Fsp3) is 0.100. The Hall–Kier alpha value is -3.23. The van der Waals surface area contributed by atoms with E-state index in [0.717, 1.165) is 5.56 Å². The van der Waals surface area contributed by atoms with Crippen molar-refractivity contribution >= 4 is 21.6 Å². The number of primary sulfonamides is 1. The van der Waals surface area contributed by atoms with E-state index >= 15 is 0 Å². The number of hydrogen-bond acceptors (Lipinski definition) is 4. The van der Waals surface area contributed by atoms with Gasteiger partial charge in [-0.15, -0.1) is 0 Å². The molecule has 8 heteroatoms. The number of nitrogens with two attached hydrogens (primary N) is 1. The van der Waals surface area contributed by atoms with Crippen LogP contribution in [0, 0.1) is 0 Å². The molecule has 3 rings (SSSR count). The van der Waals surface area contributed by atoms with Gasteiger partial charge < -0.3 is 9.88 Å². The van der Waals surface area contributed by atoms with E-state index in [1.165, 1.54) is 16.7 Å². The van der Waals surface area contributed by atoms with Crippen LogP contribution in [0.1, 0.15) is 21.5 Å². The summed E-state index contributed by atoms with van der Waals surface area (Å²) in [5, 5.41) is 7.68. The molecule has 0 saturated carbocycles. The highest BCUT2D eigenvalue weighted by atomic mass is 32.2. The highest BCUT2D eigenvalue weighted by molar-refractivity contribution is 7.88. The van der Waals surface area contributed by atoms with Gasteiger partial charge in [-0.3, -0.25) is 9.59 Å². The van der Waals surface area contributed by atoms with Gasteiger partial charge in [-0.1, -0.05) is 42.5 Å². The van der Waals surface area contributed by atoms with Crippen molar-refractivity contribution in [3.63, 3.8) is 0 Å². The molecular formula is C20H19N3O4S. The molecule has 0 atom stereocenters. The second-order valence-corrected chi connectivity index (χ2v) is 7.92. The minimum atomic E-state index is -3.68. The monoisotopic (exact) mass is 397 g/mol. The third-order valence-corrected chi connectivity index (χ3v) is 4.75. The number of sulfonamides is 1. The Morgan fingerprint density at radius 1 is 0.964 bits per heavy atom. The van der Waals surface area contributed by atoms with Gasteiger partial charge in [0.05, 0.1) is 12.3 Å². The third-order valence-electron chi connectivity index (χ3n) is 4.01. The van der Waals surface area contributed by atoms with Crippen LogP contribution in [0.25, 0.3) is 0 Å². The maximum atomic E-state index is 12.7. The van der Waals surface area contributed by atoms with E-state index in [0.29, 0.717) is 17.8 Å². The Labute approximate surface area is 162 Å². The molecular weight excluding hydrogens is 378 g/mol. The zero-order valence-electron chi connectivity index (χ0n) is 14.9. The first-order chi connectivity index (χ1) is 13.3. The summed E-state index contributed by atoms with van der Waals surface area (Å²) in [6.07, 6.45) is 1.62. The Balaban J connectivity index is 1.81. The number of nitrogens with zero attached hydrogens (tertiary/aromatic N) is 1. The fourth-order valence-electron chi connectivity index (χ4n) is 2.78. The normalized spacial score (nSPS) is 11.2. The molecule has 0 aliphatic carbocycles. The molecule has 0 fully saturated rings. The van der Waals surface area contributed by atoms with Crippen molar-refractivity contribution in [1.29, 1.82) is 0 Å². The second kappa shape index (κ2) is 8.20. The molecule has 1 amide bonds. The van der Waals surface area contributed by atoms with Crippen LogP contribution in [0.5, 0.6) is 0 Å². The van der Waals surface area contributed by atoms with Gasteiger partial charge in [0.1, 0.15) is 5.56 Å². The van der Waals surface area contributed by atoms with Crippen LogP contribution in [-0.2, 0) is 22.3 Å². The van der Waals surface area contributed by atoms with Gasteiger partial charge in [0.15, 0.2) is 0 Å². The lowest BCUT2D eigenvalue weighted by molar-refractivity contribution is 0.102. The molecule has 144 valence electrons. The van der Waals surface area contributed by atoms with E-state index in [-0.39, 0.29) is 11.3 Å². The number of amides is 1. The SMILES string of the molecule is NS(=O)(=O)Cc1cccc(NC(=O)c2cccn(Cc3ccccc3)c2=O)c1. The van der Waals surface area contributed by atoms with Crippen molar-refractivity contribution in [2.45, 2.75) is 12.3 Å². The Bertz CT molecular complexity index is 1160. The highest BCUT2D eigenvalue weighted by Crippen LogP contribution is 2.13. The van der Waals surface area contributed by atoms with E-state index in [1.807, 2.05) is 30.3 Å². The van der Waals surface area contributed by atoms with Crippen molar-refractivity contribution in [1.82, 2.24) is 4.57 Å². The van der Waals surface area contributed by atoms with Crippen molar-refractivity contribution in [2.24, 2.45) is 5.14 Å². The van der Waals surface area contributed by atoms with Crippen LogP contribution >= 0.6 is 0 Å². The molecule has 0 unspecified atom stereocenters. The molecule has 0 radical (unpaired) electrons. The molecule has 0 saturated heterocycles. The number of carbonyl (C=O) groups excluding carboxylic acids is 1. The molecule has 0 spiro atoms. The van der Waals surface area contributed by atoms with E-state index in [2.05, 4.69) is 5.32 Å². The number of aromatic nitrogens is 1. The summed E-state index contributed by atoms with van der Waals surface area (Å²) in [5.74, 6) is -0.911. The molecule has 0 aliphatic rings. The summed E-state index contributed by atoms with van der Waals surface area (Å²) in [5.41, 5.74) is 1.34. The van der Waals surface area contributed by atoms with Gasteiger partial charge in [0.2, 0.25) is 10.0 Å². The maximum Gasteiger partial charge on any atom is 0.263 e. The van der Waals surface area contributed by atoms with E-state index in [4.69, 9.17) is 5.14 Å². The first-order valence-electron chi connectivity index (χ1n) is 8.46. The summed E-state index contributed by atoms with van der Waals surface area (Å²) in [4.78, 5) is 25.2. The standard InChI is InChI=1S/C20H19N3O4S/c21-28(26,27)14-16-8-4-9-17(12-16)22-19(24)18-10-5-11-23(20(18)25)13-15-6-2-1-3-7-15/h1-12H,13-14H2,(H,22,24)(H2,21,26,27). The topological polar surface area (TPSA) is 111 Å². The van der Waals surface area contributed by atoms with Crippen LogP contribution in [0.15, 0.2) is 77.7 Å². The minimum absolute atomic E-state index is 0.00437. The lowest BCUT2D eigenvalue weighted by Gasteiger charge is -2.10. The van der Waals surface area contributed by atoms with Crippen molar-refractivity contribution in [2.75, 3.05) is 5.32 Å². The molecule has 1 aromatic heterocycles. The molecule has 3 N–H and O–H groups in total. The lowest BCUT2D eigenvalue weighted by Crippen LogP contribution is -2.29. The molecule has 28 heavy (non-hydrogen) atoms. The van der Waals surface area contributed by atoms with Gasteiger partial charge in [0.25, 0.3) is 11.5 Å². The lowest BCUT2D eigenvalue weighted by atomic mass is 10.2. The van der Waals surface area contributed by atoms with Crippen molar-refractivity contribution in [3.05, 3.63) is 100.0 Å². The summed E-state index contributed by atoms with van der Waals surface area (Å²) < 4.78 is 23.9. The number of nitrogens with one attached hydrogen (secondary N) is 1. The van der Waals surface area contributed by atoms with Gasteiger partial charge in [-0.2, -0.15) is 0 Å². The predicted octanol–water partition coefficient (Wildman–Crippen LogP) is 1.94. The second-order valence-electron chi connectivity index (χ2n) is 6.30. The Kier molecular flexibility index (Phi) is 5.72. The molecule has 1 heterocycles. The Morgan fingerprint density at radius 2 is 1.68 bits per heavy atom. The maximum absolute atomic E-state index is 12.7. The number of anilines is 1. The van der Waals surface area contributed by atoms with Crippen LogP contribution in [0.3, 0.4) is 0 Å². The summed E-state index contributed by atoms with van der Waals surface area (Å²) in [7, 11) is -3.68. The average molecular weight is 397 g/mol. The van der Waals surface area contributed by atoms with Crippen LogP contribution in [0.2, 0.25) is 0 Å². The zero-order chi connectivity index (χ0) is 20.1. The Morgan fingerprint density at radius 3 is 2.39 bits per heavy atom. The first-order valence-corrected chi connectivity index (χ1v) is 10.2. The van der Waals surface area contributed by atoms with Crippen LogP contribution in [0.4, 0.5) is 5.69 Å². The predicted molar refractivity (Wildman–Crippen MR) is 107 cm³/mol. The number of carbonyl (C=O) groups is 1. The smallest absolute Gasteiger partial charge is 0.263 e. The molecule has 3 aromatic rings. The largest absolute Gasteiger partial charge is 0.322 e. The first kappa shape index (κ1) is 19.5. The summed E-state index contributed by atoms with van der Waals surface area (Å²) in [6.45, 7) is 0.352. The van der Waals surface area contributed by atoms with Gasteiger partial charge in [0, 0.05) is 11.9 Å². The van der Waals surface area contributed by atoms with E-state index in [1.54, 1.807) is 30.5 Å². The van der Waals surface area contributed by atoms with Crippen molar-refractivity contribution in [3.8, 4) is 0 Å². The molecule has 0 aliphatic heterocycles. The van der Waals surface area contributed by atoms with Gasteiger partial charge in [-0.25, -0.2) is 13.6 Å². The highest BCUT2D eigenvalue weighted by Gasteiger charge is 2.13. The van der Waals surface area contributed by atoms with Gasteiger partial charge in [-0.05, 0) is 35.4 Å². The fourth-order valence-corrected chi connectivity index (χ4v) is 3.43. The zero-order valence-corrected chi connectivity index (χ0v) is 15.7. The molecule has 2 aromatic carbocycles. The van der Waals surface area contributed by atoms with Crippen LogP contribution in [-0.4, -0.2) is 18.9 Å². The van der Waals surface area contributed by atoms with E-state index < -0.39 is 21.5 Å². The van der Waals surface area contributed by atoms with E-state index in [9.17, 15) is 18.0 Å². The number of pyridine rings is 1. The number of benzene rings is 2. The molecule has 0 bridgehead atoms. The van der Waals surface area contributed by atoms with Crippen LogP contribution < -0.4 is 16.0 Å². The summed E-state index contributed by atoms with van der Waals surface area (Å²) in [6, 6.07) is 18.8. The minimum Gasteiger partial charge on any atom is -0.322 e. The summed E-state index contributed by atoms with van der Waals surface area (Å²) >= 11 is 0. The number of hydrogen-bond donors (Lipinski definition) is 2. The quantitative estimate of drug-likeness (QED) is 0.662. The third kappa shape index (κ3) is 5.15. The van der Waals surface area contributed by atoms with Crippen molar-refractivity contribution < 1.29 is 13.2 Å². The van der Waals surface area contributed by atoms with Gasteiger partial charge >= 0.3 is 0 Å². The number of rotatable bonds is 6. The molecule has 7 nitrogen and oxygen atoms in total. The average Bonchev–Trinajstić information content (AvgIpc) is 2.63.